The second kappa shape index (κ2) is 8.31. The number of carboxylic acid groups (broad SMARTS) is 1. The summed E-state index contributed by atoms with van der Waals surface area (Å²) < 4.78 is 10.7. The largest absolute Gasteiger partial charge is 0.480 e. The number of amidine groups is 1. The fraction of sp³-hybridized carbons (Fsp3) is 0.182. The maximum absolute atomic E-state index is 12.4. The smallest absolute Gasteiger partial charge is 0.379 e. The van der Waals surface area contributed by atoms with Gasteiger partial charge in [0, 0.05) is 5.56 Å². The second-order valence-electron chi connectivity index (χ2n) is 7.41. The molecule has 0 unspecified atom stereocenters. The third kappa shape index (κ3) is 4.72. The van der Waals surface area contributed by atoms with Crippen LogP contribution in [0, 0.1) is 10.8 Å². The maximum atomic E-state index is 12.4. The lowest BCUT2D eigenvalue weighted by Gasteiger charge is -2.17. The van der Waals surface area contributed by atoms with Crippen LogP contribution >= 0.6 is 0 Å². The van der Waals surface area contributed by atoms with Crippen molar-refractivity contribution in [1.29, 1.82) is 5.41 Å². The van der Waals surface area contributed by atoms with Gasteiger partial charge in [0.15, 0.2) is 0 Å². The number of fused-ring (bicyclic) bond motifs is 1. The highest BCUT2D eigenvalue weighted by atomic mass is 16.5. The number of benzene rings is 2. The number of carboxylic acids is 1. The van der Waals surface area contributed by atoms with Crippen molar-refractivity contribution in [1.82, 2.24) is 5.32 Å². The zero-order valence-corrected chi connectivity index (χ0v) is 16.9. The predicted octanol–water partition coefficient (Wildman–Crippen LogP) is 2.66. The summed E-state index contributed by atoms with van der Waals surface area (Å²) in [5.41, 5.74) is 4.50. The van der Waals surface area contributed by atoms with Crippen LogP contribution in [0.2, 0.25) is 0 Å². The molecule has 2 aromatic carbocycles. The molecule has 0 aliphatic heterocycles. The molecule has 0 bridgehead atoms. The number of hydrogen-bond acceptors (Lipinski definition) is 6. The number of nitrogens with two attached hydrogens (primary N) is 1. The molecule has 31 heavy (non-hydrogen) atoms. The van der Waals surface area contributed by atoms with Gasteiger partial charge in [-0.2, -0.15) is 0 Å². The number of nitrogens with one attached hydrogen (secondary N) is 2. The molecule has 0 spiro atoms. The van der Waals surface area contributed by atoms with Gasteiger partial charge in [-0.1, -0.05) is 18.2 Å². The normalized spacial score (nSPS) is 11.2. The Hall–Kier alpha value is -4.14. The summed E-state index contributed by atoms with van der Waals surface area (Å²) in [4.78, 5) is 35.5. The Balaban J connectivity index is 1.65. The van der Waals surface area contributed by atoms with Crippen molar-refractivity contribution >= 4 is 34.5 Å². The summed E-state index contributed by atoms with van der Waals surface area (Å²) in [5, 5.41) is 20.7. The van der Waals surface area contributed by atoms with Crippen molar-refractivity contribution < 1.29 is 28.6 Å². The number of aliphatic carboxylic acids is 1. The molecule has 9 heteroatoms. The third-order valence-corrected chi connectivity index (χ3v) is 4.72. The van der Waals surface area contributed by atoms with Crippen molar-refractivity contribution in [3.8, 4) is 5.75 Å². The van der Waals surface area contributed by atoms with Crippen LogP contribution in [0.25, 0.3) is 10.8 Å². The summed E-state index contributed by atoms with van der Waals surface area (Å²) >= 11 is 0. The Morgan fingerprint density at radius 2 is 1.77 bits per heavy atom. The first-order valence-electron chi connectivity index (χ1n) is 9.29. The van der Waals surface area contributed by atoms with Gasteiger partial charge >= 0.3 is 11.9 Å². The van der Waals surface area contributed by atoms with Crippen molar-refractivity contribution in [2.24, 2.45) is 11.1 Å². The van der Waals surface area contributed by atoms with Crippen LogP contribution < -0.4 is 15.8 Å². The zero-order valence-electron chi connectivity index (χ0n) is 16.9. The molecule has 9 nitrogen and oxygen atoms in total. The number of ether oxygens (including phenoxy) is 1. The van der Waals surface area contributed by atoms with Gasteiger partial charge in [0.05, 0.1) is 6.54 Å². The molecule has 0 aliphatic carbocycles. The first-order chi connectivity index (χ1) is 14.6. The summed E-state index contributed by atoms with van der Waals surface area (Å²) in [5.74, 6) is -2.16. The predicted molar refractivity (Wildman–Crippen MR) is 112 cm³/mol. The van der Waals surface area contributed by atoms with Crippen LogP contribution in [0.5, 0.6) is 5.75 Å². The molecule has 1 heterocycles. The van der Waals surface area contributed by atoms with E-state index in [1.165, 1.54) is 26.0 Å². The second-order valence-corrected chi connectivity index (χ2v) is 7.41. The summed E-state index contributed by atoms with van der Waals surface area (Å²) in [6.45, 7) is 2.51. The minimum absolute atomic E-state index is 0.0336. The number of amides is 1. The van der Waals surface area contributed by atoms with Crippen LogP contribution in [0.1, 0.15) is 35.7 Å². The van der Waals surface area contributed by atoms with E-state index in [1.54, 1.807) is 36.4 Å². The summed E-state index contributed by atoms with van der Waals surface area (Å²) in [6, 6.07) is 13.2. The van der Waals surface area contributed by atoms with Crippen molar-refractivity contribution in [2.45, 2.75) is 20.4 Å². The Kier molecular flexibility index (Phi) is 5.78. The molecule has 0 saturated carbocycles. The number of carbonyl (C=O) groups excluding carboxylic acids is 2. The fourth-order valence-electron chi connectivity index (χ4n) is 2.68. The van der Waals surface area contributed by atoms with E-state index in [4.69, 9.17) is 25.4 Å². The Morgan fingerprint density at radius 3 is 2.45 bits per heavy atom. The summed E-state index contributed by atoms with van der Waals surface area (Å²) in [6.07, 6.45) is 0. The van der Waals surface area contributed by atoms with Gasteiger partial charge in [-0.05, 0) is 55.0 Å². The lowest BCUT2D eigenvalue weighted by atomic mass is 9.93. The Morgan fingerprint density at radius 1 is 1.10 bits per heavy atom. The Bertz CT molecular complexity index is 1190. The van der Waals surface area contributed by atoms with E-state index in [0.29, 0.717) is 11.3 Å². The maximum Gasteiger partial charge on any atom is 0.379 e. The van der Waals surface area contributed by atoms with Crippen LogP contribution in [0.4, 0.5) is 0 Å². The van der Waals surface area contributed by atoms with Crippen molar-refractivity contribution in [3.63, 3.8) is 0 Å². The lowest BCUT2D eigenvalue weighted by molar-refractivity contribution is -0.153. The number of nitrogen functional groups attached to an aromatic ring is 1. The molecular formula is C22H21N3O6. The highest BCUT2D eigenvalue weighted by Crippen LogP contribution is 2.23. The van der Waals surface area contributed by atoms with E-state index in [2.05, 4.69) is 5.32 Å². The van der Waals surface area contributed by atoms with Gasteiger partial charge in [0.25, 0.3) is 0 Å². The standard InChI is InChI=1S/C22H21N3O6/c1-22(2,21(28)29)20(27)25-11-16-7-8-17(30-16)19(26)31-15-6-5-12-9-14(18(23)24)4-3-13(12)10-15/h3-10H,11H2,1-2H3,(H3,23,24)(H,25,27)(H,28,29). The van der Waals surface area contributed by atoms with E-state index >= 15 is 0 Å². The van der Waals surface area contributed by atoms with Crippen LogP contribution in [-0.2, 0) is 16.1 Å². The summed E-state index contributed by atoms with van der Waals surface area (Å²) in [7, 11) is 0. The first-order valence-corrected chi connectivity index (χ1v) is 9.29. The Labute approximate surface area is 177 Å². The average molecular weight is 423 g/mol. The number of carbonyl (C=O) groups is 3. The fourth-order valence-corrected chi connectivity index (χ4v) is 2.68. The van der Waals surface area contributed by atoms with Crippen LogP contribution in [0.3, 0.4) is 0 Å². The molecule has 0 radical (unpaired) electrons. The highest BCUT2D eigenvalue weighted by molar-refractivity contribution is 6.01. The van der Waals surface area contributed by atoms with Crippen molar-refractivity contribution in [3.05, 3.63) is 65.6 Å². The zero-order chi connectivity index (χ0) is 22.8. The molecule has 0 saturated heterocycles. The first kappa shape index (κ1) is 21.6. The van der Waals surface area contributed by atoms with Gasteiger partial charge in [-0.3, -0.25) is 15.0 Å². The molecule has 160 valence electrons. The molecule has 1 aromatic heterocycles. The van der Waals surface area contributed by atoms with Gasteiger partial charge in [0.2, 0.25) is 11.7 Å². The van der Waals surface area contributed by atoms with E-state index < -0.39 is 23.3 Å². The van der Waals surface area contributed by atoms with E-state index in [1.807, 2.05) is 0 Å². The van der Waals surface area contributed by atoms with Gasteiger partial charge in [-0.15, -0.1) is 0 Å². The quantitative estimate of drug-likeness (QED) is 0.150. The molecule has 3 rings (SSSR count). The molecular weight excluding hydrogens is 402 g/mol. The SMILES string of the molecule is CC(C)(C(=O)O)C(=O)NCc1ccc(C(=O)Oc2ccc3cc(C(=N)N)ccc3c2)o1. The van der Waals surface area contributed by atoms with E-state index in [9.17, 15) is 14.4 Å². The number of esters is 1. The van der Waals surface area contributed by atoms with E-state index in [0.717, 1.165) is 10.8 Å². The molecule has 0 aliphatic rings. The monoisotopic (exact) mass is 423 g/mol. The van der Waals surface area contributed by atoms with Gasteiger partial charge < -0.3 is 25.3 Å². The minimum atomic E-state index is -1.59. The van der Waals surface area contributed by atoms with Crippen molar-refractivity contribution in [2.75, 3.05) is 0 Å². The molecule has 0 fully saturated rings. The molecule has 0 atom stereocenters. The number of hydrogen-bond donors (Lipinski definition) is 4. The molecule has 5 N–H and O–H groups in total. The molecule has 3 aromatic rings. The number of rotatable bonds is 7. The molecule has 1 amide bonds. The topological polar surface area (TPSA) is 156 Å². The highest BCUT2D eigenvalue weighted by Gasteiger charge is 2.35. The average Bonchev–Trinajstić information content (AvgIpc) is 3.20. The minimum Gasteiger partial charge on any atom is -0.480 e. The van der Waals surface area contributed by atoms with Crippen LogP contribution in [0.15, 0.2) is 52.9 Å². The lowest BCUT2D eigenvalue weighted by Crippen LogP contribution is -2.41. The van der Waals surface area contributed by atoms with Gasteiger partial charge in [0.1, 0.15) is 22.8 Å². The van der Waals surface area contributed by atoms with Crippen LogP contribution in [-0.4, -0.2) is 28.8 Å². The third-order valence-electron chi connectivity index (χ3n) is 4.72. The number of furan rings is 1. The van der Waals surface area contributed by atoms with Gasteiger partial charge in [-0.25, -0.2) is 4.79 Å². The van der Waals surface area contributed by atoms with E-state index in [-0.39, 0.29) is 23.9 Å².